The monoisotopic (exact) mass is 420 g/mol. The Hall–Kier alpha value is -1.35. The Labute approximate surface area is 173 Å². The Balaban J connectivity index is 0.00000182. The molecule has 3 rings (SSSR count). The largest absolute Gasteiger partial charge is 0.381 e. The molecular formula is C17H30Cl2N6O2. The maximum Gasteiger partial charge on any atom is 0.230 e. The molecule has 2 aliphatic rings. The summed E-state index contributed by atoms with van der Waals surface area (Å²) in [6.45, 7) is 4.58. The molecule has 1 aromatic rings. The van der Waals surface area contributed by atoms with Crippen molar-refractivity contribution < 1.29 is 9.53 Å². The number of nitrogens with zero attached hydrogens (tertiary/aromatic N) is 5. The van der Waals surface area contributed by atoms with Crippen molar-refractivity contribution in [3.63, 3.8) is 0 Å². The summed E-state index contributed by atoms with van der Waals surface area (Å²) in [5.74, 6) is 1.79. The third-order valence-corrected chi connectivity index (χ3v) is 5.21. The van der Waals surface area contributed by atoms with Gasteiger partial charge in [0, 0.05) is 66.2 Å². The van der Waals surface area contributed by atoms with E-state index < -0.39 is 5.41 Å². The Morgan fingerprint density at radius 3 is 2.41 bits per heavy atom. The average Bonchev–Trinajstić information content (AvgIpc) is 2.68. The van der Waals surface area contributed by atoms with Crippen LogP contribution in [0.1, 0.15) is 12.8 Å². The summed E-state index contributed by atoms with van der Waals surface area (Å²) in [4.78, 5) is 27.9. The van der Waals surface area contributed by atoms with Gasteiger partial charge in [-0.25, -0.2) is 4.98 Å². The smallest absolute Gasteiger partial charge is 0.230 e. The predicted octanol–water partition coefficient (Wildman–Crippen LogP) is 0.790. The van der Waals surface area contributed by atoms with Gasteiger partial charge in [-0.15, -0.1) is 24.8 Å². The first-order valence-corrected chi connectivity index (χ1v) is 8.88. The molecule has 0 saturated carbocycles. The van der Waals surface area contributed by atoms with Crippen LogP contribution in [0, 0.1) is 5.41 Å². The zero-order valence-corrected chi connectivity index (χ0v) is 17.6. The minimum Gasteiger partial charge on any atom is -0.381 e. The quantitative estimate of drug-likeness (QED) is 0.769. The molecule has 1 aromatic heterocycles. The van der Waals surface area contributed by atoms with E-state index in [0.717, 1.165) is 31.7 Å². The zero-order chi connectivity index (χ0) is 17.9. The van der Waals surface area contributed by atoms with Crippen LogP contribution in [-0.2, 0) is 9.53 Å². The summed E-state index contributed by atoms with van der Waals surface area (Å²) in [5, 5.41) is 0. The molecule has 8 nitrogen and oxygen atoms in total. The molecule has 3 heterocycles. The molecule has 2 N–H and O–H groups in total. The van der Waals surface area contributed by atoms with E-state index in [4.69, 9.17) is 10.5 Å². The highest BCUT2D eigenvalue weighted by Gasteiger charge is 2.42. The van der Waals surface area contributed by atoms with Gasteiger partial charge in [-0.2, -0.15) is 4.98 Å². The summed E-state index contributed by atoms with van der Waals surface area (Å²) in [7, 11) is 3.85. The molecule has 2 fully saturated rings. The first kappa shape index (κ1) is 23.7. The molecule has 10 heteroatoms. The number of ether oxygens (including phenoxy) is 1. The lowest BCUT2D eigenvalue weighted by molar-refractivity contribution is -0.147. The molecule has 1 amide bonds. The van der Waals surface area contributed by atoms with Crippen molar-refractivity contribution in [1.82, 2.24) is 14.9 Å². The fourth-order valence-electron chi connectivity index (χ4n) is 3.47. The minimum atomic E-state index is -0.437. The van der Waals surface area contributed by atoms with Gasteiger partial charge in [0.15, 0.2) is 0 Å². The topological polar surface area (TPSA) is 87.8 Å². The van der Waals surface area contributed by atoms with Crippen molar-refractivity contribution >= 4 is 42.5 Å². The van der Waals surface area contributed by atoms with Gasteiger partial charge in [0.05, 0.1) is 5.41 Å². The number of piperazine rings is 1. The molecule has 0 aliphatic carbocycles. The Bertz CT molecular complexity index is 605. The molecule has 0 spiro atoms. The van der Waals surface area contributed by atoms with Gasteiger partial charge in [-0.1, -0.05) is 0 Å². The fourth-order valence-corrected chi connectivity index (χ4v) is 3.47. The summed E-state index contributed by atoms with van der Waals surface area (Å²) in [6.07, 6.45) is 3.22. The van der Waals surface area contributed by atoms with Gasteiger partial charge in [-0.05, 0) is 18.9 Å². The van der Waals surface area contributed by atoms with Crippen molar-refractivity contribution in [2.24, 2.45) is 11.1 Å². The third kappa shape index (κ3) is 5.13. The van der Waals surface area contributed by atoms with Crippen LogP contribution in [0.3, 0.4) is 0 Å². The predicted molar refractivity (Wildman–Crippen MR) is 111 cm³/mol. The number of nitrogens with two attached hydrogens (primary N) is 1. The highest BCUT2D eigenvalue weighted by Crippen LogP contribution is 2.32. The Morgan fingerprint density at radius 1 is 1.22 bits per heavy atom. The molecule has 0 radical (unpaired) electrons. The first-order chi connectivity index (χ1) is 12.1. The van der Waals surface area contributed by atoms with E-state index >= 15 is 0 Å². The van der Waals surface area contributed by atoms with E-state index in [1.807, 2.05) is 30.0 Å². The van der Waals surface area contributed by atoms with Gasteiger partial charge < -0.3 is 25.2 Å². The van der Waals surface area contributed by atoms with Gasteiger partial charge in [-0.3, -0.25) is 4.79 Å². The lowest BCUT2D eigenvalue weighted by Crippen LogP contribution is -2.56. The van der Waals surface area contributed by atoms with Crippen molar-refractivity contribution in [2.75, 3.05) is 69.8 Å². The number of carbonyl (C=O) groups excluding carboxylic acids is 1. The van der Waals surface area contributed by atoms with Gasteiger partial charge in [0.1, 0.15) is 5.82 Å². The molecule has 2 saturated heterocycles. The minimum absolute atomic E-state index is 0. The molecule has 27 heavy (non-hydrogen) atoms. The van der Waals surface area contributed by atoms with Gasteiger partial charge >= 0.3 is 0 Å². The number of hydrogen-bond acceptors (Lipinski definition) is 7. The van der Waals surface area contributed by atoms with Crippen molar-refractivity contribution in [1.29, 1.82) is 0 Å². The van der Waals surface area contributed by atoms with Crippen LogP contribution in [0.5, 0.6) is 0 Å². The van der Waals surface area contributed by atoms with Crippen LogP contribution in [-0.4, -0.2) is 80.8 Å². The Morgan fingerprint density at radius 2 is 1.85 bits per heavy atom. The van der Waals surface area contributed by atoms with Crippen LogP contribution in [0.15, 0.2) is 12.3 Å². The first-order valence-electron chi connectivity index (χ1n) is 8.88. The van der Waals surface area contributed by atoms with Gasteiger partial charge in [0.2, 0.25) is 11.9 Å². The number of hydrogen-bond donors (Lipinski definition) is 1. The number of halogens is 2. The van der Waals surface area contributed by atoms with Crippen LogP contribution < -0.4 is 15.5 Å². The summed E-state index contributed by atoms with van der Waals surface area (Å²) in [6, 6.07) is 1.92. The van der Waals surface area contributed by atoms with E-state index in [-0.39, 0.29) is 30.7 Å². The van der Waals surface area contributed by atoms with E-state index in [2.05, 4.69) is 14.9 Å². The number of aromatic nitrogens is 2. The van der Waals surface area contributed by atoms with Crippen molar-refractivity contribution in [3.05, 3.63) is 12.3 Å². The SMILES string of the molecule is CN(C)c1nccc(N2CCN(C(=O)C3(CN)CCOCC3)CC2)n1.Cl.Cl. The van der Waals surface area contributed by atoms with E-state index in [1.54, 1.807) is 6.20 Å². The van der Waals surface area contributed by atoms with Crippen molar-refractivity contribution in [3.8, 4) is 0 Å². The van der Waals surface area contributed by atoms with E-state index in [0.29, 0.717) is 38.8 Å². The molecule has 0 atom stereocenters. The second kappa shape index (κ2) is 10.3. The standard InChI is InChI=1S/C17H28N6O2.2ClH/c1-21(2)16-19-6-3-14(20-16)22-7-9-23(10-8-22)15(24)17(13-18)4-11-25-12-5-17;;/h3,6H,4-5,7-13,18H2,1-2H3;2*1H. The van der Waals surface area contributed by atoms with Crippen LogP contribution in [0.25, 0.3) is 0 Å². The van der Waals surface area contributed by atoms with E-state index in [1.165, 1.54) is 0 Å². The lowest BCUT2D eigenvalue weighted by Gasteiger charge is -2.42. The van der Waals surface area contributed by atoms with Crippen LogP contribution in [0.4, 0.5) is 11.8 Å². The maximum atomic E-state index is 13.0. The summed E-state index contributed by atoms with van der Waals surface area (Å²) >= 11 is 0. The number of anilines is 2. The normalized spacial score (nSPS) is 18.9. The number of amides is 1. The lowest BCUT2D eigenvalue weighted by atomic mass is 9.78. The molecule has 2 aliphatic heterocycles. The fraction of sp³-hybridized carbons (Fsp3) is 0.706. The average molecular weight is 421 g/mol. The second-order valence-electron chi connectivity index (χ2n) is 6.99. The molecule has 0 unspecified atom stereocenters. The maximum absolute atomic E-state index is 13.0. The molecule has 154 valence electrons. The third-order valence-electron chi connectivity index (χ3n) is 5.21. The second-order valence-corrected chi connectivity index (χ2v) is 6.99. The summed E-state index contributed by atoms with van der Waals surface area (Å²) < 4.78 is 5.42. The zero-order valence-electron chi connectivity index (χ0n) is 16.0. The van der Waals surface area contributed by atoms with Crippen LogP contribution >= 0.6 is 24.8 Å². The summed E-state index contributed by atoms with van der Waals surface area (Å²) in [5.41, 5.74) is 5.54. The number of rotatable bonds is 4. The number of carbonyl (C=O) groups is 1. The van der Waals surface area contributed by atoms with Crippen molar-refractivity contribution in [2.45, 2.75) is 12.8 Å². The molecule has 0 bridgehead atoms. The molecule has 0 aromatic carbocycles. The highest BCUT2D eigenvalue weighted by atomic mass is 35.5. The Kier molecular flexibility index (Phi) is 9.01. The highest BCUT2D eigenvalue weighted by molar-refractivity contribution is 5.85. The van der Waals surface area contributed by atoms with E-state index in [9.17, 15) is 4.79 Å². The molecular weight excluding hydrogens is 391 g/mol. The van der Waals surface area contributed by atoms with Crippen LogP contribution in [0.2, 0.25) is 0 Å². The van der Waals surface area contributed by atoms with Gasteiger partial charge in [0.25, 0.3) is 0 Å².